The van der Waals surface area contributed by atoms with Crippen LogP contribution in [0.1, 0.15) is 44.9 Å². The van der Waals surface area contributed by atoms with Crippen LogP contribution in [-0.2, 0) is 9.59 Å². The number of rotatable bonds is 5. The number of aliphatic hydroxyl groups is 1. The molecule has 0 aromatic rings. The third-order valence-electron chi connectivity index (χ3n) is 3.21. The van der Waals surface area contributed by atoms with Gasteiger partial charge in [-0.25, -0.2) is 0 Å². The number of nitrogens with one attached hydrogen (secondary N) is 1. The number of carbonyl (C=O) groups excluding carboxylic acids is 2. The molecule has 0 spiro atoms. The molecule has 0 aliphatic carbocycles. The lowest BCUT2D eigenvalue weighted by Gasteiger charge is -2.19. The number of likely N-dealkylation sites (tertiary alicyclic amines) is 1. The fourth-order valence-electron chi connectivity index (χ4n) is 2.11. The zero-order valence-corrected chi connectivity index (χ0v) is 11.0. The summed E-state index contributed by atoms with van der Waals surface area (Å²) in [5, 5.41) is 11.3. The maximum absolute atomic E-state index is 11.8. The lowest BCUT2D eigenvalue weighted by Crippen LogP contribution is -2.43. The highest BCUT2D eigenvalue weighted by Crippen LogP contribution is 2.09. The second-order valence-corrected chi connectivity index (χ2v) is 4.75. The summed E-state index contributed by atoms with van der Waals surface area (Å²) in [7, 11) is 0. The van der Waals surface area contributed by atoms with Crippen molar-refractivity contribution in [2.24, 2.45) is 0 Å². The summed E-state index contributed by atoms with van der Waals surface area (Å²) >= 11 is 0. The highest BCUT2D eigenvalue weighted by Gasteiger charge is 2.21. The Balaban J connectivity index is 2.20. The average molecular weight is 256 g/mol. The lowest BCUT2D eigenvalue weighted by molar-refractivity contribution is -0.145. The maximum atomic E-state index is 11.8. The normalized spacial score (nSPS) is 16.2. The fraction of sp³-hybridized carbons (Fsp3) is 0.846. The molecule has 1 saturated heterocycles. The Kier molecular flexibility index (Phi) is 7.41. The van der Waals surface area contributed by atoms with Crippen LogP contribution >= 0.6 is 0 Å². The molecule has 1 rings (SSSR count). The highest BCUT2D eigenvalue weighted by molar-refractivity contribution is 6.34. The van der Waals surface area contributed by atoms with Crippen LogP contribution in [-0.4, -0.2) is 48.1 Å². The van der Waals surface area contributed by atoms with Crippen molar-refractivity contribution >= 4 is 11.8 Å². The molecule has 0 radical (unpaired) electrons. The van der Waals surface area contributed by atoms with Crippen LogP contribution in [0.15, 0.2) is 0 Å². The molecule has 2 amide bonds. The number of carbonyl (C=O) groups is 2. The smallest absolute Gasteiger partial charge is 0.311 e. The first-order chi connectivity index (χ1) is 8.75. The summed E-state index contributed by atoms with van der Waals surface area (Å²) in [6.45, 7) is 2.10. The molecule has 18 heavy (non-hydrogen) atoms. The van der Waals surface area contributed by atoms with Gasteiger partial charge in [-0.2, -0.15) is 0 Å². The van der Waals surface area contributed by atoms with Gasteiger partial charge in [0.25, 0.3) is 0 Å². The van der Waals surface area contributed by atoms with Crippen LogP contribution < -0.4 is 5.32 Å². The first kappa shape index (κ1) is 15.0. The second-order valence-electron chi connectivity index (χ2n) is 4.75. The molecule has 2 N–H and O–H groups in total. The van der Waals surface area contributed by atoms with Gasteiger partial charge in [0.1, 0.15) is 0 Å². The molecule has 0 atom stereocenters. The first-order valence-corrected chi connectivity index (χ1v) is 6.93. The van der Waals surface area contributed by atoms with E-state index in [0.717, 1.165) is 44.9 Å². The van der Waals surface area contributed by atoms with E-state index in [9.17, 15) is 9.59 Å². The lowest BCUT2D eigenvalue weighted by atomic mass is 10.2. The average Bonchev–Trinajstić information content (AvgIpc) is 2.66. The number of aliphatic hydroxyl groups excluding tert-OH is 1. The number of amides is 2. The number of hydrogen-bond donors (Lipinski definition) is 2. The van der Waals surface area contributed by atoms with E-state index >= 15 is 0 Å². The molecule has 0 aromatic heterocycles. The highest BCUT2D eigenvalue weighted by atomic mass is 16.3. The van der Waals surface area contributed by atoms with E-state index in [1.807, 2.05) is 0 Å². The molecule has 104 valence electrons. The number of nitrogens with zero attached hydrogens (tertiary/aromatic N) is 1. The molecule has 0 unspecified atom stereocenters. The van der Waals surface area contributed by atoms with Crippen LogP contribution in [0, 0.1) is 0 Å². The van der Waals surface area contributed by atoms with Crippen LogP contribution in [0.4, 0.5) is 0 Å². The van der Waals surface area contributed by atoms with Crippen molar-refractivity contribution in [3.63, 3.8) is 0 Å². The Morgan fingerprint density at radius 3 is 2.28 bits per heavy atom. The zero-order chi connectivity index (χ0) is 13.2. The molecule has 5 heteroatoms. The van der Waals surface area contributed by atoms with Crippen LogP contribution in [0.25, 0.3) is 0 Å². The van der Waals surface area contributed by atoms with E-state index in [0.29, 0.717) is 19.6 Å². The number of hydrogen-bond acceptors (Lipinski definition) is 3. The van der Waals surface area contributed by atoms with E-state index in [-0.39, 0.29) is 12.5 Å². The summed E-state index contributed by atoms with van der Waals surface area (Å²) in [5.41, 5.74) is 0. The van der Waals surface area contributed by atoms with Gasteiger partial charge in [0.2, 0.25) is 0 Å². The topological polar surface area (TPSA) is 69.6 Å². The Hall–Kier alpha value is -1.10. The molecular formula is C13H24N2O3. The van der Waals surface area contributed by atoms with Gasteiger partial charge in [-0.1, -0.05) is 12.8 Å². The Morgan fingerprint density at radius 2 is 1.67 bits per heavy atom. The van der Waals surface area contributed by atoms with E-state index in [1.165, 1.54) is 0 Å². The Morgan fingerprint density at radius 1 is 1.00 bits per heavy atom. The third kappa shape index (κ3) is 5.49. The summed E-state index contributed by atoms with van der Waals surface area (Å²) in [6, 6.07) is 0. The predicted molar refractivity (Wildman–Crippen MR) is 69.0 cm³/mol. The molecule has 1 fully saturated rings. The van der Waals surface area contributed by atoms with Crippen LogP contribution in [0.5, 0.6) is 0 Å². The van der Waals surface area contributed by atoms with Gasteiger partial charge in [0, 0.05) is 26.2 Å². The Labute approximate surface area is 109 Å². The standard InChI is InChI=1S/C13H24N2O3/c16-11-7-3-4-8-14-12(17)13(18)15-9-5-1-2-6-10-15/h16H,1-11H2,(H,14,17). The van der Waals surface area contributed by atoms with Crippen molar-refractivity contribution < 1.29 is 14.7 Å². The third-order valence-corrected chi connectivity index (χ3v) is 3.21. The summed E-state index contributed by atoms with van der Waals surface area (Å²) in [5.74, 6) is -0.875. The van der Waals surface area contributed by atoms with Gasteiger partial charge in [-0.3, -0.25) is 9.59 Å². The SMILES string of the molecule is O=C(NCCCCCO)C(=O)N1CCCCCC1. The Bertz CT molecular complexity index is 261. The summed E-state index contributed by atoms with van der Waals surface area (Å²) < 4.78 is 0. The van der Waals surface area contributed by atoms with E-state index in [2.05, 4.69) is 5.32 Å². The molecule has 5 nitrogen and oxygen atoms in total. The van der Waals surface area contributed by atoms with E-state index in [1.54, 1.807) is 4.90 Å². The molecule has 0 bridgehead atoms. The van der Waals surface area contributed by atoms with Gasteiger partial charge < -0.3 is 15.3 Å². The zero-order valence-electron chi connectivity index (χ0n) is 11.0. The molecule has 1 aliphatic rings. The fourth-order valence-corrected chi connectivity index (χ4v) is 2.11. The van der Waals surface area contributed by atoms with Crippen molar-refractivity contribution in [3.8, 4) is 0 Å². The first-order valence-electron chi connectivity index (χ1n) is 6.93. The second kappa shape index (κ2) is 8.91. The van der Waals surface area contributed by atoms with Gasteiger partial charge in [-0.15, -0.1) is 0 Å². The van der Waals surface area contributed by atoms with Crippen molar-refractivity contribution in [2.75, 3.05) is 26.2 Å². The number of unbranched alkanes of at least 4 members (excludes halogenated alkanes) is 2. The minimum absolute atomic E-state index is 0.181. The van der Waals surface area contributed by atoms with Crippen molar-refractivity contribution in [1.29, 1.82) is 0 Å². The van der Waals surface area contributed by atoms with Crippen LogP contribution in [0.2, 0.25) is 0 Å². The minimum Gasteiger partial charge on any atom is -0.396 e. The van der Waals surface area contributed by atoms with Crippen molar-refractivity contribution in [2.45, 2.75) is 44.9 Å². The van der Waals surface area contributed by atoms with E-state index < -0.39 is 5.91 Å². The van der Waals surface area contributed by atoms with Crippen molar-refractivity contribution in [1.82, 2.24) is 10.2 Å². The van der Waals surface area contributed by atoms with Gasteiger partial charge in [-0.05, 0) is 32.1 Å². The van der Waals surface area contributed by atoms with Crippen molar-refractivity contribution in [3.05, 3.63) is 0 Å². The summed E-state index contributed by atoms with van der Waals surface area (Å²) in [4.78, 5) is 25.1. The minimum atomic E-state index is -0.485. The predicted octanol–water partition coefficient (Wildman–Crippen LogP) is 0.668. The van der Waals surface area contributed by atoms with Gasteiger partial charge >= 0.3 is 11.8 Å². The molecule has 0 aromatic carbocycles. The largest absolute Gasteiger partial charge is 0.396 e. The van der Waals surface area contributed by atoms with E-state index in [4.69, 9.17) is 5.11 Å². The quantitative estimate of drug-likeness (QED) is 0.561. The monoisotopic (exact) mass is 256 g/mol. The molecule has 1 aliphatic heterocycles. The van der Waals surface area contributed by atoms with Gasteiger partial charge in [0.05, 0.1) is 0 Å². The molecular weight excluding hydrogens is 232 g/mol. The van der Waals surface area contributed by atoms with Crippen LogP contribution in [0.3, 0.4) is 0 Å². The molecule has 1 heterocycles. The summed E-state index contributed by atoms with van der Waals surface area (Å²) in [6.07, 6.45) is 6.70. The van der Waals surface area contributed by atoms with Gasteiger partial charge in [0.15, 0.2) is 0 Å². The molecule has 0 saturated carbocycles. The maximum Gasteiger partial charge on any atom is 0.311 e.